The molecular weight excluding hydrogens is 479 g/mol. The van der Waals surface area contributed by atoms with E-state index in [2.05, 4.69) is 24.0 Å². The van der Waals surface area contributed by atoms with Gasteiger partial charge in [-0.15, -0.1) is 0 Å². The Balaban J connectivity index is 0.000000208. The molecule has 4 aliphatic rings. The number of aliphatic imine (C=N–C) groups is 1. The van der Waals surface area contributed by atoms with Gasteiger partial charge in [0.05, 0.1) is 25.8 Å². The van der Waals surface area contributed by atoms with E-state index in [1.165, 1.54) is 39.4 Å². The monoisotopic (exact) mass is 510 g/mol. The molecule has 190 valence electrons. The van der Waals surface area contributed by atoms with Crippen molar-refractivity contribution in [1.29, 1.82) is 0 Å². The van der Waals surface area contributed by atoms with Crippen molar-refractivity contribution < 1.29 is 22.9 Å². The van der Waals surface area contributed by atoms with Crippen molar-refractivity contribution in [2.45, 2.75) is 45.9 Å². The molecule has 0 aromatic heterocycles. The minimum absolute atomic E-state index is 0.0416. The van der Waals surface area contributed by atoms with Crippen LogP contribution in [0.25, 0.3) is 5.57 Å². The predicted molar refractivity (Wildman–Crippen MR) is 140 cm³/mol. The van der Waals surface area contributed by atoms with Crippen LogP contribution in [0, 0.1) is 12.7 Å². The van der Waals surface area contributed by atoms with Gasteiger partial charge >= 0.3 is 0 Å². The van der Waals surface area contributed by atoms with E-state index in [0.29, 0.717) is 25.5 Å². The topological polar surface area (TPSA) is 68.2 Å². The first kappa shape index (κ1) is 26.1. The second-order valence-corrected chi connectivity index (χ2v) is 10.0. The highest BCUT2D eigenvalue weighted by Gasteiger charge is 2.31. The van der Waals surface area contributed by atoms with E-state index in [1.54, 1.807) is 18.2 Å². The summed E-state index contributed by atoms with van der Waals surface area (Å²) in [5.41, 5.74) is 6.05. The molecule has 0 radical (unpaired) electrons. The number of benzene rings is 2. The molecule has 2 unspecified atom stereocenters. The van der Waals surface area contributed by atoms with Gasteiger partial charge in [0, 0.05) is 18.6 Å². The van der Waals surface area contributed by atoms with Gasteiger partial charge in [0.15, 0.2) is 0 Å². The number of halogens is 1. The standard InChI is InChI=1S/C18H18N2O3S.C7H7F.C3H6O/c1-2-16-14(13-6-3-5-12-10-23-11-15(12)13)9-17(19-16)18(21)20-7-4-8-24(20)22;1-6-2-4-7(8)5-3-6;1-2-4-3-1/h3-6,8-9,16H,2,7,10-11H2,1H3;2-5H,1H3;1-3H2. The lowest BCUT2D eigenvalue weighted by Gasteiger charge is -2.13. The third-order valence-electron chi connectivity index (χ3n) is 6.16. The lowest BCUT2D eigenvalue weighted by atomic mass is 9.92. The van der Waals surface area contributed by atoms with Crippen LogP contribution in [-0.4, -0.2) is 45.9 Å². The maximum absolute atomic E-state index is 12.6. The highest BCUT2D eigenvalue weighted by molar-refractivity contribution is 7.86. The first-order valence-corrected chi connectivity index (χ1v) is 13.3. The average Bonchev–Trinajstić information content (AvgIpc) is 3.58. The number of rotatable bonds is 3. The molecule has 2 atom stereocenters. The van der Waals surface area contributed by atoms with Crippen molar-refractivity contribution in [1.82, 2.24) is 4.31 Å². The van der Waals surface area contributed by atoms with Crippen molar-refractivity contribution in [3.05, 3.63) is 88.1 Å². The van der Waals surface area contributed by atoms with E-state index in [4.69, 9.17) is 9.47 Å². The van der Waals surface area contributed by atoms with Gasteiger partial charge in [-0.3, -0.25) is 9.79 Å². The zero-order chi connectivity index (χ0) is 25.5. The first-order valence-electron chi connectivity index (χ1n) is 12.1. The van der Waals surface area contributed by atoms with Crippen molar-refractivity contribution in [2.75, 3.05) is 19.8 Å². The van der Waals surface area contributed by atoms with Crippen molar-refractivity contribution in [3.63, 3.8) is 0 Å². The van der Waals surface area contributed by atoms with Gasteiger partial charge < -0.3 is 9.47 Å². The Kier molecular flexibility index (Phi) is 8.96. The van der Waals surface area contributed by atoms with Crippen LogP contribution >= 0.6 is 0 Å². The highest BCUT2D eigenvalue weighted by Crippen LogP contribution is 2.34. The zero-order valence-corrected chi connectivity index (χ0v) is 21.4. The molecular formula is C28H31FN2O4S. The SMILES string of the molecule is C1COC1.CCC1N=C(C(=O)N2CC=CS2=O)C=C1c1cccc2c1COC2.Cc1ccc(F)cc1. The van der Waals surface area contributed by atoms with E-state index in [9.17, 15) is 13.4 Å². The Labute approximate surface area is 214 Å². The molecule has 1 amide bonds. The quantitative estimate of drug-likeness (QED) is 0.590. The summed E-state index contributed by atoms with van der Waals surface area (Å²) in [6, 6.07) is 12.5. The van der Waals surface area contributed by atoms with Crippen molar-refractivity contribution in [3.8, 4) is 0 Å². The minimum atomic E-state index is -1.38. The predicted octanol–water partition coefficient (Wildman–Crippen LogP) is 4.89. The number of fused-ring (bicyclic) bond motifs is 1. The summed E-state index contributed by atoms with van der Waals surface area (Å²) in [7, 11) is -1.38. The van der Waals surface area contributed by atoms with Crippen LogP contribution in [-0.2, 0) is 38.5 Å². The average molecular weight is 511 g/mol. The van der Waals surface area contributed by atoms with Crippen LogP contribution in [0.15, 0.2) is 65.0 Å². The summed E-state index contributed by atoms with van der Waals surface area (Å²) in [5.74, 6) is -0.439. The van der Waals surface area contributed by atoms with Gasteiger partial charge in [-0.05, 0) is 60.2 Å². The Morgan fingerprint density at radius 1 is 1.14 bits per heavy atom. The maximum atomic E-state index is 12.6. The number of aryl methyl sites for hydroxylation is 1. The van der Waals surface area contributed by atoms with Crippen LogP contribution in [0.1, 0.15) is 42.0 Å². The number of hydrogen-bond acceptors (Lipinski definition) is 5. The van der Waals surface area contributed by atoms with E-state index in [0.717, 1.165) is 36.3 Å². The molecule has 1 fully saturated rings. The third-order valence-corrected chi connectivity index (χ3v) is 7.33. The second-order valence-electron chi connectivity index (χ2n) is 8.75. The largest absolute Gasteiger partial charge is 0.381 e. The molecule has 6 nitrogen and oxygen atoms in total. The summed E-state index contributed by atoms with van der Waals surface area (Å²) >= 11 is 0. The normalized spacial score (nSPS) is 21.4. The van der Waals surface area contributed by atoms with Gasteiger partial charge in [-0.25, -0.2) is 12.9 Å². The van der Waals surface area contributed by atoms with Crippen molar-refractivity contribution >= 4 is 28.2 Å². The molecule has 0 bridgehead atoms. The Morgan fingerprint density at radius 2 is 1.86 bits per heavy atom. The van der Waals surface area contributed by atoms with E-state index < -0.39 is 11.0 Å². The fourth-order valence-electron chi connectivity index (χ4n) is 4.02. The van der Waals surface area contributed by atoms with E-state index in [-0.39, 0.29) is 17.8 Å². The molecule has 8 heteroatoms. The third kappa shape index (κ3) is 6.24. The fourth-order valence-corrected chi connectivity index (χ4v) is 4.90. The van der Waals surface area contributed by atoms with Gasteiger partial charge in [0.25, 0.3) is 5.91 Å². The molecule has 0 saturated carbocycles. The molecule has 2 aromatic carbocycles. The lowest BCUT2D eigenvalue weighted by Crippen LogP contribution is -2.33. The number of ether oxygens (including phenoxy) is 2. The Hall–Kier alpha value is -2.94. The van der Waals surface area contributed by atoms with Gasteiger partial charge in [-0.1, -0.05) is 48.9 Å². The van der Waals surface area contributed by atoms with Gasteiger partial charge in [0.1, 0.15) is 22.5 Å². The maximum Gasteiger partial charge on any atom is 0.284 e. The van der Waals surface area contributed by atoms with Crippen molar-refractivity contribution in [2.24, 2.45) is 4.99 Å². The molecule has 0 spiro atoms. The number of amides is 1. The summed E-state index contributed by atoms with van der Waals surface area (Å²) in [4.78, 5) is 17.2. The van der Waals surface area contributed by atoms with E-state index in [1.807, 2.05) is 19.1 Å². The Morgan fingerprint density at radius 3 is 2.44 bits per heavy atom. The number of nitrogens with zero attached hydrogens (tertiary/aromatic N) is 2. The second kappa shape index (κ2) is 12.3. The number of hydrogen-bond donors (Lipinski definition) is 0. The van der Waals surface area contributed by atoms with Crippen LogP contribution < -0.4 is 0 Å². The Bertz CT molecular complexity index is 1180. The van der Waals surface area contributed by atoms with Crippen LogP contribution in [0.3, 0.4) is 0 Å². The molecule has 4 heterocycles. The lowest BCUT2D eigenvalue weighted by molar-refractivity contribution is -0.119. The molecule has 0 N–H and O–H groups in total. The smallest absolute Gasteiger partial charge is 0.284 e. The summed E-state index contributed by atoms with van der Waals surface area (Å²) in [6.07, 6.45) is 5.70. The molecule has 0 aliphatic carbocycles. The molecule has 4 aliphatic heterocycles. The fraction of sp³-hybridized carbons (Fsp3) is 0.357. The summed E-state index contributed by atoms with van der Waals surface area (Å²) in [6.45, 7) is 7.60. The van der Waals surface area contributed by atoms with Crippen LogP contribution in [0.5, 0.6) is 0 Å². The molecule has 6 rings (SSSR count). The summed E-state index contributed by atoms with van der Waals surface area (Å²) in [5, 5.41) is 1.54. The van der Waals surface area contributed by atoms with Crippen LogP contribution in [0.2, 0.25) is 0 Å². The molecule has 2 aromatic rings. The van der Waals surface area contributed by atoms with Gasteiger partial charge in [0.2, 0.25) is 0 Å². The minimum Gasteiger partial charge on any atom is -0.381 e. The van der Waals surface area contributed by atoms with E-state index >= 15 is 0 Å². The molecule has 1 saturated heterocycles. The zero-order valence-electron chi connectivity index (χ0n) is 20.6. The number of carbonyl (C=O) groups is 1. The summed E-state index contributed by atoms with van der Waals surface area (Å²) < 4.78 is 35.6. The first-order chi connectivity index (χ1) is 17.5. The number of carbonyl (C=O) groups excluding carboxylic acids is 1. The van der Waals surface area contributed by atoms with Gasteiger partial charge in [-0.2, -0.15) is 0 Å². The highest BCUT2D eigenvalue weighted by atomic mass is 32.2. The van der Waals surface area contributed by atoms with Crippen LogP contribution in [0.4, 0.5) is 4.39 Å². The molecule has 36 heavy (non-hydrogen) atoms.